The minimum Gasteiger partial charge on any atom is -0.399 e. The van der Waals surface area contributed by atoms with Gasteiger partial charge in [-0.15, -0.1) is 0 Å². The number of sulfonamides is 1. The van der Waals surface area contributed by atoms with Gasteiger partial charge >= 0.3 is 0 Å². The molecule has 1 atom stereocenters. The molecule has 1 aliphatic heterocycles. The van der Waals surface area contributed by atoms with Gasteiger partial charge in [0.15, 0.2) is 6.10 Å². The first-order chi connectivity index (χ1) is 8.95. The predicted molar refractivity (Wildman–Crippen MR) is 64.9 cm³/mol. The van der Waals surface area contributed by atoms with Crippen LogP contribution in [0.4, 0.5) is 10.1 Å². The van der Waals surface area contributed by atoms with Crippen molar-refractivity contribution in [3.05, 3.63) is 24.0 Å². The SMILES string of the molecule is N#CC1CN(S(=O)(=O)c2cc(N)ccc2F)CCO1. The van der Waals surface area contributed by atoms with Crippen molar-refractivity contribution in [1.82, 2.24) is 4.31 Å². The van der Waals surface area contributed by atoms with Gasteiger partial charge in [0.1, 0.15) is 10.7 Å². The number of morpholine rings is 1. The second-order valence-electron chi connectivity index (χ2n) is 4.04. The Morgan fingerprint density at radius 2 is 2.26 bits per heavy atom. The molecule has 0 amide bonds. The number of halogens is 1. The molecule has 6 nitrogen and oxygen atoms in total. The van der Waals surface area contributed by atoms with Crippen LogP contribution < -0.4 is 5.73 Å². The van der Waals surface area contributed by atoms with Gasteiger partial charge in [-0.2, -0.15) is 9.57 Å². The summed E-state index contributed by atoms with van der Waals surface area (Å²) in [6, 6.07) is 5.20. The fourth-order valence-corrected chi connectivity index (χ4v) is 3.30. The van der Waals surface area contributed by atoms with Crippen LogP contribution in [0, 0.1) is 17.1 Å². The zero-order valence-electron chi connectivity index (χ0n) is 9.91. The van der Waals surface area contributed by atoms with Crippen molar-refractivity contribution in [2.75, 3.05) is 25.4 Å². The summed E-state index contributed by atoms with van der Waals surface area (Å²) in [4.78, 5) is -0.480. The average Bonchev–Trinajstić information content (AvgIpc) is 2.41. The van der Waals surface area contributed by atoms with Crippen LogP contribution in [0.15, 0.2) is 23.1 Å². The Balaban J connectivity index is 2.37. The van der Waals surface area contributed by atoms with Crippen LogP contribution in [-0.2, 0) is 14.8 Å². The molecule has 0 saturated carbocycles. The number of nitrogen functional groups attached to an aromatic ring is 1. The molecular formula is C11H12FN3O3S. The Kier molecular flexibility index (Phi) is 3.71. The molecule has 1 fully saturated rings. The number of hydrogen-bond acceptors (Lipinski definition) is 5. The van der Waals surface area contributed by atoms with E-state index in [1.54, 1.807) is 0 Å². The number of anilines is 1. The van der Waals surface area contributed by atoms with Crippen molar-refractivity contribution < 1.29 is 17.5 Å². The zero-order valence-corrected chi connectivity index (χ0v) is 10.7. The normalized spacial score (nSPS) is 20.9. The third-order valence-corrected chi connectivity index (χ3v) is 4.63. The maximum atomic E-state index is 13.6. The monoisotopic (exact) mass is 285 g/mol. The first-order valence-corrected chi connectivity index (χ1v) is 6.95. The molecule has 1 unspecified atom stereocenters. The minimum absolute atomic E-state index is 0.0781. The highest BCUT2D eigenvalue weighted by atomic mass is 32.2. The van der Waals surface area contributed by atoms with E-state index in [2.05, 4.69) is 0 Å². The summed E-state index contributed by atoms with van der Waals surface area (Å²) in [6.45, 7) is 0.0587. The predicted octanol–water partition coefficient (Wildman–Crippen LogP) is 0.321. The smallest absolute Gasteiger partial charge is 0.246 e. The zero-order chi connectivity index (χ0) is 14.0. The molecule has 2 N–H and O–H groups in total. The summed E-state index contributed by atoms with van der Waals surface area (Å²) < 4.78 is 44.3. The fraction of sp³-hybridized carbons (Fsp3) is 0.364. The molecule has 0 radical (unpaired) electrons. The summed E-state index contributed by atoms with van der Waals surface area (Å²) >= 11 is 0. The second-order valence-corrected chi connectivity index (χ2v) is 5.95. The lowest BCUT2D eigenvalue weighted by atomic mass is 10.3. The summed E-state index contributed by atoms with van der Waals surface area (Å²) in [7, 11) is -4.01. The van der Waals surface area contributed by atoms with Crippen LogP contribution in [-0.4, -0.2) is 38.5 Å². The molecule has 19 heavy (non-hydrogen) atoms. The molecule has 1 aromatic carbocycles. The molecular weight excluding hydrogens is 273 g/mol. The van der Waals surface area contributed by atoms with Crippen LogP contribution in [0.25, 0.3) is 0 Å². The number of hydrogen-bond donors (Lipinski definition) is 1. The van der Waals surface area contributed by atoms with Crippen molar-refractivity contribution >= 4 is 15.7 Å². The van der Waals surface area contributed by atoms with Crippen molar-refractivity contribution in [2.45, 2.75) is 11.0 Å². The highest BCUT2D eigenvalue weighted by molar-refractivity contribution is 7.89. The molecule has 2 rings (SSSR count). The number of nitriles is 1. The average molecular weight is 285 g/mol. The highest BCUT2D eigenvalue weighted by Crippen LogP contribution is 2.23. The van der Waals surface area contributed by atoms with Gasteiger partial charge in [0.05, 0.1) is 19.2 Å². The first-order valence-electron chi connectivity index (χ1n) is 5.51. The molecule has 102 valence electrons. The van der Waals surface area contributed by atoms with Gasteiger partial charge in [-0.1, -0.05) is 0 Å². The standard InChI is InChI=1S/C11H12FN3O3S/c12-10-2-1-8(14)5-11(10)19(16,17)15-3-4-18-9(6-13)7-15/h1-2,5,9H,3-4,7,14H2. The number of nitrogens with zero attached hydrogens (tertiary/aromatic N) is 2. The van der Waals surface area contributed by atoms with Crippen LogP contribution >= 0.6 is 0 Å². The quantitative estimate of drug-likeness (QED) is 0.789. The molecule has 0 aromatic heterocycles. The summed E-state index contributed by atoms with van der Waals surface area (Å²) in [5.74, 6) is -0.866. The van der Waals surface area contributed by atoms with E-state index in [1.165, 1.54) is 6.07 Å². The van der Waals surface area contributed by atoms with Gasteiger partial charge in [-0.25, -0.2) is 12.8 Å². The van der Waals surface area contributed by atoms with Crippen molar-refractivity contribution in [1.29, 1.82) is 5.26 Å². The van der Waals surface area contributed by atoms with E-state index in [4.69, 9.17) is 15.7 Å². The number of ether oxygens (including phenoxy) is 1. The largest absolute Gasteiger partial charge is 0.399 e. The number of nitrogens with two attached hydrogens (primary N) is 1. The lowest BCUT2D eigenvalue weighted by molar-refractivity contribution is 0.0311. The third kappa shape index (κ3) is 2.68. The van der Waals surface area contributed by atoms with Gasteiger partial charge in [-0.05, 0) is 18.2 Å². The van der Waals surface area contributed by atoms with E-state index in [1.807, 2.05) is 6.07 Å². The van der Waals surface area contributed by atoms with Crippen LogP contribution in [0.5, 0.6) is 0 Å². The van der Waals surface area contributed by atoms with E-state index >= 15 is 0 Å². The molecule has 0 bridgehead atoms. The van der Waals surface area contributed by atoms with Gasteiger partial charge in [-0.3, -0.25) is 0 Å². The molecule has 0 spiro atoms. The molecule has 1 saturated heterocycles. The fourth-order valence-electron chi connectivity index (χ4n) is 1.78. The van der Waals surface area contributed by atoms with E-state index in [0.29, 0.717) is 0 Å². The Bertz CT molecular complexity index is 627. The summed E-state index contributed by atoms with van der Waals surface area (Å²) in [5.41, 5.74) is 5.64. The topological polar surface area (TPSA) is 96.4 Å². The van der Waals surface area contributed by atoms with Crippen molar-refractivity contribution in [3.63, 3.8) is 0 Å². The Hall–Kier alpha value is -1.69. The van der Waals surface area contributed by atoms with E-state index in [9.17, 15) is 12.8 Å². The maximum Gasteiger partial charge on any atom is 0.246 e. The van der Waals surface area contributed by atoms with Crippen LogP contribution in [0.3, 0.4) is 0 Å². The Morgan fingerprint density at radius 1 is 1.53 bits per heavy atom. The molecule has 1 aliphatic rings. The number of benzene rings is 1. The lowest BCUT2D eigenvalue weighted by Gasteiger charge is -2.29. The molecule has 1 heterocycles. The molecule has 0 aliphatic carbocycles. The molecule has 1 aromatic rings. The molecule has 8 heteroatoms. The van der Waals surface area contributed by atoms with Gasteiger partial charge in [0, 0.05) is 12.2 Å². The second kappa shape index (κ2) is 5.13. The van der Waals surface area contributed by atoms with Gasteiger partial charge in [0.25, 0.3) is 0 Å². The van der Waals surface area contributed by atoms with E-state index in [0.717, 1.165) is 16.4 Å². The van der Waals surface area contributed by atoms with Crippen molar-refractivity contribution in [2.24, 2.45) is 0 Å². The highest BCUT2D eigenvalue weighted by Gasteiger charge is 2.32. The van der Waals surface area contributed by atoms with E-state index in [-0.39, 0.29) is 25.4 Å². The van der Waals surface area contributed by atoms with Crippen LogP contribution in [0.2, 0.25) is 0 Å². The first kappa shape index (κ1) is 13.7. The maximum absolute atomic E-state index is 13.6. The Labute approximate surface area is 110 Å². The third-order valence-electron chi connectivity index (χ3n) is 2.75. The number of rotatable bonds is 2. The summed E-state index contributed by atoms with van der Waals surface area (Å²) in [5, 5.41) is 8.75. The van der Waals surface area contributed by atoms with Crippen LogP contribution in [0.1, 0.15) is 0 Å². The van der Waals surface area contributed by atoms with Crippen molar-refractivity contribution in [3.8, 4) is 6.07 Å². The van der Waals surface area contributed by atoms with Gasteiger partial charge in [0.2, 0.25) is 10.0 Å². The lowest BCUT2D eigenvalue weighted by Crippen LogP contribution is -2.45. The van der Waals surface area contributed by atoms with Gasteiger partial charge < -0.3 is 10.5 Å². The Morgan fingerprint density at radius 3 is 2.95 bits per heavy atom. The minimum atomic E-state index is -4.01. The summed E-state index contributed by atoms with van der Waals surface area (Å²) in [6.07, 6.45) is -0.840. The van der Waals surface area contributed by atoms with E-state index < -0.39 is 26.8 Å².